The van der Waals surface area contributed by atoms with E-state index in [2.05, 4.69) is 11.9 Å². The molecule has 0 atom stereocenters. The fourth-order valence-electron chi connectivity index (χ4n) is 2.14. The van der Waals surface area contributed by atoms with Crippen molar-refractivity contribution in [2.24, 2.45) is 0 Å². The van der Waals surface area contributed by atoms with E-state index < -0.39 is 0 Å². The molecule has 0 saturated carbocycles. The minimum atomic E-state index is -0.130. The molecule has 0 radical (unpaired) electrons. The Morgan fingerprint density at radius 1 is 1.25 bits per heavy atom. The van der Waals surface area contributed by atoms with Crippen LogP contribution in [0.3, 0.4) is 0 Å². The van der Waals surface area contributed by atoms with Crippen LogP contribution in [0.5, 0.6) is 0 Å². The SMILES string of the molecule is C=CCN(Cc1cccs1)C(=O)/C=C/c1ccc(C(=O)NC)cc1. The predicted octanol–water partition coefficient (Wildman–Crippen LogP) is 3.34. The van der Waals surface area contributed by atoms with Crippen molar-refractivity contribution in [3.63, 3.8) is 0 Å². The van der Waals surface area contributed by atoms with Gasteiger partial charge in [0, 0.05) is 30.1 Å². The van der Waals surface area contributed by atoms with Crippen molar-refractivity contribution >= 4 is 29.2 Å². The highest BCUT2D eigenvalue weighted by Gasteiger charge is 2.10. The molecule has 1 aromatic heterocycles. The summed E-state index contributed by atoms with van der Waals surface area (Å²) < 4.78 is 0. The first-order chi connectivity index (χ1) is 11.6. The minimum absolute atomic E-state index is 0.0707. The molecule has 0 saturated heterocycles. The van der Waals surface area contributed by atoms with Crippen molar-refractivity contribution in [3.8, 4) is 0 Å². The number of nitrogens with one attached hydrogen (secondary N) is 1. The normalized spacial score (nSPS) is 10.5. The van der Waals surface area contributed by atoms with E-state index in [0.717, 1.165) is 10.4 Å². The van der Waals surface area contributed by atoms with E-state index in [1.807, 2.05) is 29.6 Å². The summed E-state index contributed by atoms with van der Waals surface area (Å²) in [4.78, 5) is 26.8. The molecule has 0 aliphatic rings. The van der Waals surface area contributed by atoms with Crippen molar-refractivity contribution in [2.45, 2.75) is 6.54 Å². The third kappa shape index (κ3) is 4.93. The zero-order chi connectivity index (χ0) is 17.4. The monoisotopic (exact) mass is 340 g/mol. The van der Waals surface area contributed by atoms with Crippen LogP contribution in [-0.2, 0) is 11.3 Å². The Morgan fingerprint density at radius 3 is 2.58 bits per heavy atom. The van der Waals surface area contributed by atoms with Crippen molar-refractivity contribution < 1.29 is 9.59 Å². The van der Waals surface area contributed by atoms with E-state index in [9.17, 15) is 9.59 Å². The molecule has 0 spiro atoms. The molecule has 0 aliphatic carbocycles. The summed E-state index contributed by atoms with van der Waals surface area (Å²) in [5.41, 5.74) is 1.46. The van der Waals surface area contributed by atoms with Gasteiger partial charge in [-0.15, -0.1) is 17.9 Å². The fraction of sp³-hybridized carbons (Fsp3) is 0.158. The third-order valence-corrected chi connectivity index (χ3v) is 4.27. The van der Waals surface area contributed by atoms with Crippen LogP contribution in [0.1, 0.15) is 20.8 Å². The molecule has 4 nitrogen and oxygen atoms in total. The van der Waals surface area contributed by atoms with Gasteiger partial charge < -0.3 is 10.2 Å². The first-order valence-corrected chi connectivity index (χ1v) is 8.44. The highest BCUT2D eigenvalue weighted by atomic mass is 32.1. The largest absolute Gasteiger partial charge is 0.355 e. The number of hydrogen-bond acceptors (Lipinski definition) is 3. The maximum Gasteiger partial charge on any atom is 0.251 e. The molecule has 0 aliphatic heterocycles. The average molecular weight is 340 g/mol. The number of carbonyl (C=O) groups excluding carboxylic acids is 2. The molecule has 1 N–H and O–H groups in total. The summed E-state index contributed by atoms with van der Waals surface area (Å²) in [5.74, 6) is -0.201. The smallest absolute Gasteiger partial charge is 0.251 e. The summed E-state index contributed by atoms with van der Waals surface area (Å²) in [6.45, 7) is 4.78. The lowest BCUT2D eigenvalue weighted by Crippen LogP contribution is -2.28. The summed E-state index contributed by atoms with van der Waals surface area (Å²) >= 11 is 1.63. The molecule has 24 heavy (non-hydrogen) atoms. The van der Waals surface area contributed by atoms with Crippen molar-refractivity contribution in [1.29, 1.82) is 0 Å². The van der Waals surface area contributed by atoms with E-state index in [-0.39, 0.29) is 11.8 Å². The van der Waals surface area contributed by atoms with E-state index >= 15 is 0 Å². The second kappa shape index (κ2) is 8.84. The number of amides is 2. The molecule has 1 heterocycles. The molecule has 2 rings (SSSR count). The summed E-state index contributed by atoms with van der Waals surface area (Å²) in [5, 5.41) is 4.57. The lowest BCUT2D eigenvalue weighted by Gasteiger charge is -2.18. The lowest BCUT2D eigenvalue weighted by molar-refractivity contribution is -0.126. The average Bonchev–Trinajstić information content (AvgIpc) is 3.12. The van der Waals surface area contributed by atoms with Gasteiger partial charge in [0.1, 0.15) is 0 Å². The van der Waals surface area contributed by atoms with Crippen LogP contribution in [0.4, 0.5) is 0 Å². The molecule has 2 amide bonds. The maximum absolute atomic E-state index is 12.4. The maximum atomic E-state index is 12.4. The highest BCUT2D eigenvalue weighted by molar-refractivity contribution is 7.09. The third-order valence-electron chi connectivity index (χ3n) is 3.41. The Hall–Kier alpha value is -2.66. The fourth-order valence-corrected chi connectivity index (χ4v) is 2.86. The number of carbonyl (C=O) groups is 2. The van der Waals surface area contributed by atoms with Gasteiger partial charge in [-0.1, -0.05) is 24.3 Å². The second-order valence-corrected chi connectivity index (χ2v) is 6.15. The molecule has 124 valence electrons. The summed E-state index contributed by atoms with van der Waals surface area (Å²) in [6.07, 6.45) is 5.02. The van der Waals surface area contributed by atoms with Gasteiger partial charge >= 0.3 is 0 Å². The van der Waals surface area contributed by atoms with Gasteiger partial charge in [0.2, 0.25) is 5.91 Å². The zero-order valence-corrected chi connectivity index (χ0v) is 14.4. The quantitative estimate of drug-likeness (QED) is 0.621. The zero-order valence-electron chi connectivity index (χ0n) is 13.6. The molecule has 1 aromatic carbocycles. The topological polar surface area (TPSA) is 49.4 Å². The second-order valence-electron chi connectivity index (χ2n) is 5.12. The van der Waals surface area contributed by atoms with Gasteiger partial charge in [-0.2, -0.15) is 0 Å². The van der Waals surface area contributed by atoms with Gasteiger partial charge in [0.05, 0.1) is 6.54 Å². The molecule has 2 aromatic rings. The molecular formula is C19H20N2O2S. The summed E-state index contributed by atoms with van der Waals surface area (Å²) in [7, 11) is 1.59. The van der Waals surface area contributed by atoms with Crippen molar-refractivity contribution in [3.05, 3.63) is 76.5 Å². The van der Waals surface area contributed by atoms with E-state index in [0.29, 0.717) is 18.7 Å². The molecule has 0 bridgehead atoms. The number of thiophene rings is 1. The van der Waals surface area contributed by atoms with Crippen LogP contribution in [-0.4, -0.2) is 30.3 Å². The standard InChI is InChI=1S/C19H20N2O2S/c1-3-12-21(14-17-5-4-13-24-17)18(22)11-8-15-6-9-16(10-7-15)19(23)20-2/h3-11,13H,1,12,14H2,2H3,(H,20,23)/b11-8+. The van der Waals surface area contributed by atoms with Crippen LogP contribution < -0.4 is 5.32 Å². The first kappa shape index (κ1) is 17.7. The van der Waals surface area contributed by atoms with Gasteiger partial charge in [-0.3, -0.25) is 9.59 Å². The van der Waals surface area contributed by atoms with Gasteiger partial charge in [-0.25, -0.2) is 0 Å². The number of nitrogens with zero attached hydrogens (tertiary/aromatic N) is 1. The van der Waals surface area contributed by atoms with Crippen LogP contribution >= 0.6 is 11.3 Å². The Morgan fingerprint density at radius 2 is 2.00 bits per heavy atom. The molecule has 0 fully saturated rings. The van der Waals surface area contributed by atoms with Gasteiger partial charge in [0.15, 0.2) is 0 Å². The Balaban J connectivity index is 2.03. The van der Waals surface area contributed by atoms with Crippen molar-refractivity contribution in [1.82, 2.24) is 10.2 Å². The summed E-state index contributed by atoms with van der Waals surface area (Å²) in [6, 6.07) is 11.1. The Labute approximate surface area is 146 Å². The highest BCUT2D eigenvalue weighted by Crippen LogP contribution is 2.13. The Kier molecular flexibility index (Phi) is 6.51. The van der Waals surface area contributed by atoms with Gasteiger partial charge in [0.25, 0.3) is 5.91 Å². The minimum Gasteiger partial charge on any atom is -0.355 e. The van der Waals surface area contributed by atoms with Crippen LogP contribution in [0.2, 0.25) is 0 Å². The van der Waals surface area contributed by atoms with Crippen LogP contribution in [0.15, 0.2) is 60.5 Å². The lowest BCUT2D eigenvalue weighted by atomic mass is 10.1. The van der Waals surface area contributed by atoms with Crippen LogP contribution in [0, 0.1) is 0 Å². The van der Waals surface area contributed by atoms with Gasteiger partial charge in [-0.05, 0) is 35.2 Å². The molecule has 5 heteroatoms. The number of benzene rings is 1. The van der Waals surface area contributed by atoms with E-state index in [1.54, 1.807) is 53.6 Å². The molecule has 0 unspecified atom stereocenters. The number of rotatable bonds is 7. The number of hydrogen-bond donors (Lipinski definition) is 1. The van der Waals surface area contributed by atoms with Crippen LogP contribution in [0.25, 0.3) is 6.08 Å². The van der Waals surface area contributed by atoms with E-state index in [4.69, 9.17) is 0 Å². The predicted molar refractivity (Wildman–Crippen MR) is 98.8 cm³/mol. The van der Waals surface area contributed by atoms with Crippen molar-refractivity contribution in [2.75, 3.05) is 13.6 Å². The van der Waals surface area contributed by atoms with E-state index in [1.165, 1.54) is 0 Å². The first-order valence-electron chi connectivity index (χ1n) is 7.56. The Bertz CT molecular complexity index is 718. The molecular weight excluding hydrogens is 320 g/mol.